The summed E-state index contributed by atoms with van der Waals surface area (Å²) >= 11 is 0. The van der Waals surface area contributed by atoms with Gasteiger partial charge in [-0.1, -0.05) is 49.4 Å². The number of hydrogen-bond donors (Lipinski definition) is 2. The van der Waals surface area contributed by atoms with E-state index in [1.165, 1.54) is 0 Å². The molecule has 2 aliphatic heterocycles. The third-order valence-electron chi connectivity index (χ3n) is 8.14. The quantitative estimate of drug-likeness (QED) is 0.485. The van der Waals surface area contributed by atoms with Gasteiger partial charge in [-0.15, -0.1) is 0 Å². The van der Waals surface area contributed by atoms with Gasteiger partial charge in [-0.05, 0) is 69.5 Å². The first-order valence-corrected chi connectivity index (χ1v) is 15.0. The molecule has 5 rings (SSSR count). The van der Waals surface area contributed by atoms with E-state index in [4.69, 9.17) is 0 Å². The minimum absolute atomic E-state index is 0.0249. The first-order valence-electron chi connectivity index (χ1n) is 13.6. The lowest BCUT2D eigenvalue weighted by Crippen LogP contribution is -2.54. The zero-order chi connectivity index (χ0) is 27.7. The van der Waals surface area contributed by atoms with Crippen LogP contribution in [0.15, 0.2) is 65.6 Å². The first-order chi connectivity index (χ1) is 18.7. The summed E-state index contributed by atoms with van der Waals surface area (Å²) in [5, 5.41) is 4.14. The van der Waals surface area contributed by atoms with Gasteiger partial charge in [-0.2, -0.15) is 0 Å². The van der Waals surface area contributed by atoms with E-state index < -0.39 is 10.0 Å². The molecule has 0 aliphatic carbocycles. The number of carbonyl (C=O) groups is 2. The Labute approximate surface area is 230 Å². The highest BCUT2D eigenvalue weighted by Gasteiger charge is 2.37. The smallest absolute Gasteiger partial charge is 0.255 e. The van der Waals surface area contributed by atoms with Crippen LogP contribution >= 0.6 is 0 Å². The zero-order valence-electron chi connectivity index (χ0n) is 22.7. The van der Waals surface area contributed by atoms with Crippen LogP contribution in [0.2, 0.25) is 0 Å². The molecule has 2 saturated heterocycles. The molecule has 2 aliphatic rings. The van der Waals surface area contributed by atoms with Crippen LogP contribution in [0.25, 0.3) is 10.8 Å². The van der Waals surface area contributed by atoms with Gasteiger partial charge in [0, 0.05) is 41.2 Å². The van der Waals surface area contributed by atoms with Crippen molar-refractivity contribution in [1.29, 1.82) is 0 Å². The summed E-state index contributed by atoms with van der Waals surface area (Å²) in [6.45, 7) is 5.87. The molecule has 0 radical (unpaired) electrons. The Balaban J connectivity index is 1.33. The molecule has 0 aromatic heterocycles. The van der Waals surface area contributed by atoms with E-state index in [1.54, 1.807) is 36.4 Å². The lowest BCUT2D eigenvalue weighted by Gasteiger charge is -2.39. The second-order valence-electron chi connectivity index (χ2n) is 10.8. The number of fused-ring (bicyclic) bond motifs is 1. The molecule has 206 valence electrons. The van der Waals surface area contributed by atoms with E-state index >= 15 is 0 Å². The van der Waals surface area contributed by atoms with Crippen LogP contribution in [-0.4, -0.2) is 68.8 Å². The average Bonchev–Trinajstić information content (AvgIpc) is 3.35. The van der Waals surface area contributed by atoms with E-state index in [0.717, 1.165) is 24.9 Å². The molecule has 39 heavy (non-hydrogen) atoms. The fraction of sp³-hybridized carbons (Fsp3) is 0.400. The summed E-state index contributed by atoms with van der Waals surface area (Å²) in [5.41, 5.74) is 1.98. The van der Waals surface area contributed by atoms with Gasteiger partial charge in [0.1, 0.15) is 0 Å². The maximum Gasteiger partial charge on any atom is 0.255 e. The Morgan fingerprint density at radius 1 is 0.923 bits per heavy atom. The fourth-order valence-corrected chi connectivity index (χ4v) is 7.46. The molecular formula is C30H36N4O4S. The highest BCUT2D eigenvalue weighted by molar-refractivity contribution is 7.89. The molecule has 3 aromatic rings. The number of likely N-dealkylation sites (tertiary alicyclic amines) is 2. The Hall–Kier alpha value is -3.27. The van der Waals surface area contributed by atoms with Gasteiger partial charge < -0.3 is 10.2 Å². The molecule has 0 spiro atoms. The van der Waals surface area contributed by atoms with Crippen LogP contribution < -0.4 is 10.0 Å². The molecule has 2 heterocycles. The van der Waals surface area contributed by atoms with E-state index in [1.807, 2.05) is 50.1 Å². The fourth-order valence-electron chi connectivity index (χ4n) is 5.86. The second kappa shape index (κ2) is 11.1. The normalized spacial score (nSPS) is 22.2. The lowest BCUT2D eigenvalue weighted by atomic mass is 9.94. The topological polar surface area (TPSA) is 98.8 Å². The third kappa shape index (κ3) is 5.57. The van der Waals surface area contributed by atoms with Crippen LogP contribution in [0.3, 0.4) is 0 Å². The Bertz CT molecular complexity index is 1510. The van der Waals surface area contributed by atoms with E-state index in [9.17, 15) is 18.0 Å². The van der Waals surface area contributed by atoms with Gasteiger partial charge >= 0.3 is 0 Å². The van der Waals surface area contributed by atoms with Gasteiger partial charge in [0.2, 0.25) is 15.9 Å². The molecule has 0 unspecified atom stereocenters. The van der Waals surface area contributed by atoms with Crippen LogP contribution in [0.5, 0.6) is 0 Å². The number of amides is 2. The molecule has 2 fully saturated rings. The van der Waals surface area contributed by atoms with Crippen LogP contribution in [0.4, 0.5) is 5.69 Å². The van der Waals surface area contributed by atoms with Gasteiger partial charge in [0.15, 0.2) is 0 Å². The minimum Gasteiger partial charge on any atom is -0.341 e. The average molecular weight is 549 g/mol. The summed E-state index contributed by atoms with van der Waals surface area (Å²) in [6, 6.07) is 17.4. The zero-order valence-corrected chi connectivity index (χ0v) is 23.5. The Kier molecular flexibility index (Phi) is 7.75. The van der Waals surface area contributed by atoms with Crippen LogP contribution in [0.1, 0.15) is 42.1 Å². The van der Waals surface area contributed by atoms with Crippen molar-refractivity contribution in [1.82, 2.24) is 14.5 Å². The van der Waals surface area contributed by atoms with Crippen LogP contribution in [0, 0.1) is 12.8 Å². The molecule has 2 amide bonds. The minimum atomic E-state index is -3.86. The van der Waals surface area contributed by atoms with E-state index in [2.05, 4.69) is 14.9 Å². The van der Waals surface area contributed by atoms with Crippen LogP contribution in [-0.2, 0) is 14.8 Å². The van der Waals surface area contributed by atoms with Crippen molar-refractivity contribution in [2.75, 3.05) is 32.0 Å². The summed E-state index contributed by atoms with van der Waals surface area (Å²) in [5.74, 6) is -0.119. The number of sulfonamides is 1. The number of likely N-dealkylation sites (N-methyl/N-ethyl adjacent to an activating group) is 1. The van der Waals surface area contributed by atoms with Crippen molar-refractivity contribution >= 4 is 38.3 Å². The molecule has 8 nitrogen and oxygen atoms in total. The third-order valence-corrected chi connectivity index (χ3v) is 9.69. The molecule has 9 heteroatoms. The highest BCUT2D eigenvalue weighted by atomic mass is 32.2. The summed E-state index contributed by atoms with van der Waals surface area (Å²) in [6.07, 6.45) is 2.47. The molecule has 0 bridgehead atoms. The predicted molar refractivity (Wildman–Crippen MR) is 153 cm³/mol. The number of nitrogens with zero attached hydrogens (tertiary/aromatic N) is 2. The molecular weight excluding hydrogens is 512 g/mol. The number of aryl methyl sites for hydroxylation is 1. The number of benzene rings is 3. The number of nitrogens with one attached hydrogen (secondary N) is 2. The highest BCUT2D eigenvalue weighted by Crippen LogP contribution is 2.30. The summed E-state index contributed by atoms with van der Waals surface area (Å²) < 4.78 is 30.2. The van der Waals surface area contributed by atoms with Gasteiger partial charge in [0.05, 0.1) is 10.9 Å². The Morgan fingerprint density at radius 3 is 2.38 bits per heavy atom. The van der Waals surface area contributed by atoms with E-state index in [0.29, 0.717) is 41.5 Å². The second-order valence-corrected chi connectivity index (χ2v) is 12.5. The van der Waals surface area contributed by atoms with Crippen molar-refractivity contribution < 1.29 is 18.0 Å². The first kappa shape index (κ1) is 27.3. The number of piperidine rings is 1. The largest absolute Gasteiger partial charge is 0.341 e. The number of rotatable bonds is 6. The van der Waals surface area contributed by atoms with Crippen molar-refractivity contribution in [3.8, 4) is 0 Å². The number of carbonyl (C=O) groups excluding carboxylic acids is 2. The van der Waals surface area contributed by atoms with Gasteiger partial charge in [0.25, 0.3) is 5.91 Å². The Morgan fingerprint density at radius 2 is 1.67 bits per heavy atom. The van der Waals surface area contributed by atoms with Crippen molar-refractivity contribution in [2.45, 2.75) is 50.1 Å². The standard InChI is InChI=1S/C30H36N4O4S/c1-20-9-4-5-10-22(20)29(35)31-26-13-6-12-24-23(26)11-7-15-28(24)39(37,38)32-25-16-18-34(19-21(25)2)30(36)27-14-8-17-33(27)3/h4-7,9-13,15,21,25,27,32H,8,14,16-19H2,1-3H3,(H,31,35)/t21-,25+,27-/m0/s1. The summed E-state index contributed by atoms with van der Waals surface area (Å²) in [7, 11) is -1.87. The molecule has 0 saturated carbocycles. The maximum atomic E-state index is 13.6. The van der Waals surface area contributed by atoms with Crippen molar-refractivity contribution in [3.63, 3.8) is 0 Å². The van der Waals surface area contributed by atoms with Gasteiger partial charge in [-0.3, -0.25) is 14.5 Å². The molecule has 3 atom stereocenters. The lowest BCUT2D eigenvalue weighted by molar-refractivity contribution is -0.137. The number of anilines is 1. The predicted octanol–water partition coefficient (Wildman–Crippen LogP) is 4.01. The molecule has 3 aromatic carbocycles. The maximum absolute atomic E-state index is 13.6. The monoisotopic (exact) mass is 548 g/mol. The summed E-state index contributed by atoms with van der Waals surface area (Å²) in [4.78, 5) is 30.2. The number of hydrogen-bond acceptors (Lipinski definition) is 5. The van der Waals surface area contributed by atoms with E-state index in [-0.39, 0.29) is 34.7 Å². The van der Waals surface area contributed by atoms with Crippen molar-refractivity contribution in [2.24, 2.45) is 5.92 Å². The van der Waals surface area contributed by atoms with Gasteiger partial charge in [-0.25, -0.2) is 13.1 Å². The molecule has 2 N–H and O–H groups in total. The SMILES string of the molecule is Cc1ccccc1C(=O)Nc1cccc2c(S(=O)(=O)N[C@@H]3CCN(C(=O)[C@@H]4CCCN4C)C[C@@H]3C)cccc12. The van der Waals surface area contributed by atoms with Crippen molar-refractivity contribution in [3.05, 3.63) is 71.8 Å².